The van der Waals surface area contributed by atoms with Crippen LogP contribution in [-0.4, -0.2) is 27.5 Å². The van der Waals surface area contributed by atoms with Gasteiger partial charge in [0.2, 0.25) is 0 Å². The van der Waals surface area contributed by atoms with Crippen LogP contribution in [0.25, 0.3) is 0 Å². The maximum atomic E-state index is 11.8. The topological polar surface area (TPSA) is 42.7 Å². The molecule has 0 fully saturated rings. The largest absolute Gasteiger partial charge is 0.389 e. The van der Waals surface area contributed by atoms with E-state index in [1.54, 1.807) is 4.68 Å². The van der Waals surface area contributed by atoms with E-state index in [-0.39, 0.29) is 6.42 Å². The molecular formula is C9H15F3N4. The minimum atomic E-state index is -4.06. The van der Waals surface area contributed by atoms with Gasteiger partial charge in [-0.05, 0) is 19.9 Å². The lowest BCUT2D eigenvalue weighted by Crippen LogP contribution is -2.20. The summed E-state index contributed by atoms with van der Waals surface area (Å²) in [6.45, 7) is 3.42. The molecule has 1 heterocycles. The third-order valence-corrected chi connectivity index (χ3v) is 2.09. The van der Waals surface area contributed by atoms with Crippen molar-refractivity contribution < 1.29 is 13.2 Å². The van der Waals surface area contributed by atoms with Crippen molar-refractivity contribution in [3.8, 4) is 0 Å². The normalized spacial score (nSPS) is 12.0. The Bertz CT molecular complexity index is 308. The van der Waals surface area contributed by atoms with Gasteiger partial charge < -0.3 is 5.32 Å². The highest BCUT2D eigenvalue weighted by atomic mass is 19.4. The summed E-state index contributed by atoms with van der Waals surface area (Å²) in [7, 11) is 0. The molecule has 0 radical (unpaired) electrons. The van der Waals surface area contributed by atoms with Crippen molar-refractivity contribution in [3.63, 3.8) is 0 Å². The molecule has 0 unspecified atom stereocenters. The lowest BCUT2D eigenvalue weighted by atomic mass is 10.3. The van der Waals surface area contributed by atoms with E-state index in [1.165, 1.54) is 6.33 Å². The molecule has 0 aliphatic heterocycles. The predicted molar refractivity (Wildman–Crippen MR) is 52.7 cm³/mol. The third-order valence-electron chi connectivity index (χ3n) is 2.09. The van der Waals surface area contributed by atoms with Crippen molar-refractivity contribution in [1.29, 1.82) is 0 Å². The number of aromatic nitrogens is 3. The first-order chi connectivity index (χ1) is 7.53. The highest BCUT2D eigenvalue weighted by Gasteiger charge is 2.25. The second-order valence-electron chi connectivity index (χ2n) is 3.39. The van der Waals surface area contributed by atoms with Gasteiger partial charge in [0, 0.05) is 13.0 Å². The van der Waals surface area contributed by atoms with Gasteiger partial charge in [-0.15, -0.1) is 0 Å². The Hall–Kier alpha value is -1.11. The summed E-state index contributed by atoms with van der Waals surface area (Å²) >= 11 is 0. The molecule has 7 heteroatoms. The summed E-state index contributed by atoms with van der Waals surface area (Å²) in [6.07, 6.45) is -3.29. The second kappa shape index (κ2) is 5.83. The fourth-order valence-electron chi connectivity index (χ4n) is 1.30. The van der Waals surface area contributed by atoms with Gasteiger partial charge in [0.25, 0.3) is 0 Å². The van der Waals surface area contributed by atoms with Gasteiger partial charge in [0.05, 0.1) is 6.54 Å². The summed E-state index contributed by atoms with van der Waals surface area (Å²) in [5.74, 6) is 0.745. The quantitative estimate of drug-likeness (QED) is 0.765. The standard InChI is InChI=1S/C9H15F3N4/c1-2-16-8(14-7-15-16)6-13-5-3-4-9(10,11)12/h7,13H,2-6H2,1H3. The van der Waals surface area contributed by atoms with Crippen LogP contribution in [0.2, 0.25) is 0 Å². The van der Waals surface area contributed by atoms with Crippen LogP contribution in [0.1, 0.15) is 25.6 Å². The van der Waals surface area contributed by atoms with E-state index >= 15 is 0 Å². The molecule has 1 aromatic rings. The van der Waals surface area contributed by atoms with Crippen LogP contribution >= 0.6 is 0 Å². The van der Waals surface area contributed by atoms with E-state index in [9.17, 15) is 13.2 Å². The van der Waals surface area contributed by atoms with Crippen LogP contribution in [0, 0.1) is 0 Å². The lowest BCUT2D eigenvalue weighted by molar-refractivity contribution is -0.135. The van der Waals surface area contributed by atoms with Gasteiger partial charge in [-0.3, -0.25) is 0 Å². The van der Waals surface area contributed by atoms with Crippen LogP contribution in [0.15, 0.2) is 6.33 Å². The summed E-state index contributed by atoms with van der Waals surface area (Å²) in [4.78, 5) is 4.00. The Balaban J connectivity index is 2.16. The van der Waals surface area contributed by atoms with E-state index in [0.717, 1.165) is 5.82 Å². The molecule has 0 amide bonds. The highest BCUT2D eigenvalue weighted by molar-refractivity contribution is 4.83. The van der Waals surface area contributed by atoms with E-state index in [0.29, 0.717) is 19.6 Å². The minimum Gasteiger partial charge on any atom is -0.310 e. The van der Waals surface area contributed by atoms with Crippen LogP contribution < -0.4 is 5.32 Å². The zero-order chi connectivity index (χ0) is 12.0. The molecule has 0 saturated heterocycles. The van der Waals surface area contributed by atoms with Crippen LogP contribution in [0.4, 0.5) is 13.2 Å². The first-order valence-corrected chi connectivity index (χ1v) is 5.17. The average Bonchev–Trinajstić information content (AvgIpc) is 2.63. The van der Waals surface area contributed by atoms with Gasteiger partial charge in [0.15, 0.2) is 0 Å². The van der Waals surface area contributed by atoms with Crippen molar-refractivity contribution in [2.24, 2.45) is 0 Å². The molecule has 1 N–H and O–H groups in total. The molecule has 4 nitrogen and oxygen atoms in total. The van der Waals surface area contributed by atoms with Crippen molar-refractivity contribution in [1.82, 2.24) is 20.1 Å². The first-order valence-electron chi connectivity index (χ1n) is 5.17. The predicted octanol–water partition coefficient (Wildman–Crippen LogP) is 1.73. The fourth-order valence-corrected chi connectivity index (χ4v) is 1.30. The Kier molecular flexibility index (Phi) is 4.72. The van der Waals surface area contributed by atoms with Crippen LogP contribution in [0.3, 0.4) is 0 Å². The lowest BCUT2D eigenvalue weighted by Gasteiger charge is -2.07. The molecule has 0 aromatic carbocycles. The first kappa shape index (κ1) is 13.0. The highest BCUT2D eigenvalue weighted by Crippen LogP contribution is 2.20. The monoisotopic (exact) mass is 236 g/mol. The molecule has 0 aliphatic carbocycles. The number of nitrogens with zero attached hydrogens (tertiary/aromatic N) is 3. The average molecular weight is 236 g/mol. The van der Waals surface area contributed by atoms with Gasteiger partial charge in [-0.2, -0.15) is 18.3 Å². The molecule has 0 spiro atoms. The number of aryl methyl sites for hydroxylation is 1. The Morgan fingerprint density at radius 1 is 1.44 bits per heavy atom. The van der Waals surface area contributed by atoms with E-state index in [2.05, 4.69) is 15.4 Å². The van der Waals surface area contributed by atoms with E-state index < -0.39 is 12.6 Å². The second-order valence-corrected chi connectivity index (χ2v) is 3.39. The molecule has 0 aliphatic rings. The van der Waals surface area contributed by atoms with Crippen molar-refractivity contribution in [3.05, 3.63) is 12.2 Å². The molecule has 16 heavy (non-hydrogen) atoms. The Morgan fingerprint density at radius 3 is 2.81 bits per heavy atom. The van der Waals surface area contributed by atoms with E-state index in [4.69, 9.17) is 0 Å². The van der Waals surface area contributed by atoms with Crippen molar-refractivity contribution >= 4 is 0 Å². The molecule has 0 atom stereocenters. The van der Waals surface area contributed by atoms with Crippen LogP contribution in [-0.2, 0) is 13.1 Å². The van der Waals surface area contributed by atoms with E-state index in [1.807, 2.05) is 6.92 Å². The van der Waals surface area contributed by atoms with Gasteiger partial charge in [-0.25, -0.2) is 9.67 Å². The zero-order valence-corrected chi connectivity index (χ0v) is 9.09. The number of nitrogens with one attached hydrogen (secondary N) is 1. The molecule has 1 aromatic heterocycles. The molecule has 1 rings (SSSR count). The molecule has 0 saturated carbocycles. The summed E-state index contributed by atoms with van der Waals surface area (Å²) in [5.41, 5.74) is 0. The molecule has 0 bridgehead atoms. The van der Waals surface area contributed by atoms with Gasteiger partial charge in [-0.1, -0.05) is 0 Å². The maximum absolute atomic E-state index is 11.8. The van der Waals surface area contributed by atoms with Gasteiger partial charge in [0.1, 0.15) is 12.2 Å². The zero-order valence-electron chi connectivity index (χ0n) is 9.09. The summed E-state index contributed by atoms with van der Waals surface area (Å²) in [6, 6.07) is 0. The number of hydrogen-bond acceptors (Lipinski definition) is 3. The molecular weight excluding hydrogens is 221 g/mol. The minimum absolute atomic E-state index is 0.0871. The fraction of sp³-hybridized carbons (Fsp3) is 0.778. The SMILES string of the molecule is CCn1ncnc1CNCCCC(F)(F)F. The molecule has 92 valence electrons. The van der Waals surface area contributed by atoms with Gasteiger partial charge >= 0.3 is 6.18 Å². The Morgan fingerprint density at radius 2 is 2.19 bits per heavy atom. The Labute approximate surface area is 91.9 Å². The number of rotatable bonds is 6. The number of hydrogen-bond donors (Lipinski definition) is 1. The number of alkyl halides is 3. The smallest absolute Gasteiger partial charge is 0.310 e. The summed E-state index contributed by atoms with van der Waals surface area (Å²) in [5, 5.41) is 6.87. The van der Waals surface area contributed by atoms with Crippen molar-refractivity contribution in [2.75, 3.05) is 6.54 Å². The maximum Gasteiger partial charge on any atom is 0.389 e. The van der Waals surface area contributed by atoms with Crippen LogP contribution in [0.5, 0.6) is 0 Å². The summed E-state index contributed by atoms with van der Waals surface area (Å²) < 4.78 is 37.2. The third kappa shape index (κ3) is 4.61. The van der Waals surface area contributed by atoms with Crippen molar-refractivity contribution in [2.45, 2.75) is 39.0 Å². The number of halogens is 3.